The summed E-state index contributed by atoms with van der Waals surface area (Å²) in [5, 5.41) is 0. The molecule has 23 heavy (non-hydrogen) atoms. The maximum Gasteiger partial charge on any atom is 0.302 e. The van der Waals surface area contributed by atoms with Crippen LogP contribution in [0.1, 0.15) is 20.3 Å². The fraction of sp³-hybridized carbons (Fsp3) is 0.462. The van der Waals surface area contributed by atoms with Crippen molar-refractivity contribution in [2.24, 2.45) is 0 Å². The maximum atomic E-state index is 11.0. The van der Waals surface area contributed by atoms with Crippen LogP contribution < -0.4 is 10.6 Å². The van der Waals surface area contributed by atoms with Crippen molar-refractivity contribution in [1.29, 1.82) is 0 Å². The molecule has 1 atom stereocenters. The molecule has 2 N–H and O–H groups in total. The van der Waals surface area contributed by atoms with Crippen LogP contribution in [0.4, 0.5) is 5.95 Å². The number of ether oxygens (including phenoxy) is 2. The van der Waals surface area contributed by atoms with E-state index in [2.05, 4.69) is 15.0 Å². The fourth-order valence-electron chi connectivity index (χ4n) is 1.75. The van der Waals surface area contributed by atoms with Crippen molar-refractivity contribution in [3.05, 3.63) is 12.5 Å². The van der Waals surface area contributed by atoms with Crippen molar-refractivity contribution in [1.82, 2.24) is 19.7 Å². The number of imidazole rings is 1. The van der Waals surface area contributed by atoms with Gasteiger partial charge in [0.1, 0.15) is 18.5 Å². The highest BCUT2D eigenvalue weighted by Gasteiger charge is 2.16. The summed E-state index contributed by atoms with van der Waals surface area (Å²) < 4.78 is 11.1. The summed E-state index contributed by atoms with van der Waals surface area (Å²) in [6.07, 6.45) is 2.66. The summed E-state index contributed by atoms with van der Waals surface area (Å²) in [6.45, 7) is 2.73. The summed E-state index contributed by atoms with van der Waals surface area (Å²) in [4.78, 5) is 39.5. The Balaban J connectivity index is 2.08. The van der Waals surface area contributed by atoms with E-state index < -0.39 is 18.0 Å². The quantitative estimate of drug-likeness (QED) is 0.683. The monoisotopic (exact) mass is 323 g/mol. The van der Waals surface area contributed by atoms with Crippen molar-refractivity contribution in [3.8, 4) is 0 Å². The Morgan fingerprint density at radius 1 is 1.26 bits per heavy atom. The van der Waals surface area contributed by atoms with Crippen molar-refractivity contribution >= 4 is 29.1 Å². The van der Waals surface area contributed by atoms with E-state index in [4.69, 9.17) is 20.0 Å². The Labute approximate surface area is 131 Å². The first-order valence-corrected chi connectivity index (χ1v) is 6.85. The molecule has 2 heterocycles. The van der Waals surface area contributed by atoms with Crippen LogP contribution in [0.15, 0.2) is 12.5 Å². The third-order valence-corrected chi connectivity index (χ3v) is 2.76. The summed E-state index contributed by atoms with van der Waals surface area (Å²) in [5.74, 6) is -0.753. The van der Waals surface area contributed by atoms with Crippen LogP contribution in [0.5, 0.6) is 0 Å². The number of carbonyl (C=O) groups excluding carboxylic acids is 2. The SMILES string of the molecule is CC(=O)OCCC(COC(C)=O)On1cnc2cnc(N)nc21. The molecule has 0 aromatic carbocycles. The molecular formula is C13H17N5O5. The Morgan fingerprint density at radius 2 is 2.00 bits per heavy atom. The average molecular weight is 323 g/mol. The van der Waals surface area contributed by atoms with Crippen LogP contribution >= 0.6 is 0 Å². The molecule has 0 radical (unpaired) electrons. The number of carbonyl (C=O) groups is 2. The van der Waals surface area contributed by atoms with Gasteiger partial charge in [-0.1, -0.05) is 0 Å². The van der Waals surface area contributed by atoms with Gasteiger partial charge in [0.05, 0.1) is 12.8 Å². The first-order chi connectivity index (χ1) is 11.0. The molecule has 0 spiro atoms. The van der Waals surface area contributed by atoms with E-state index in [1.165, 1.54) is 31.1 Å². The molecular weight excluding hydrogens is 306 g/mol. The van der Waals surface area contributed by atoms with E-state index in [-0.39, 0.29) is 19.2 Å². The van der Waals surface area contributed by atoms with Crippen LogP contribution in [0, 0.1) is 0 Å². The van der Waals surface area contributed by atoms with Crippen LogP contribution in [0.3, 0.4) is 0 Å². The van der Waals surface area contributed by atoms with Crippen molar-refractivity contribution in [3.63, 3.8) is 0 Å². The summed E-state index contributed by atoms with van der Waals surface area (Å²) in [5.41, 5.74) is 6.44. The van der Waals surface area contributed by atoms with Gasteiger partial charge in [0.2, 0.25) is 11.6 Å². The molecule has 0 amide bonds. The molecule has 0 aliphatic rings. The average Bonchev–Trinajstić information content (AvgIpc) is 2.86. The fourth-order valence-corrected chi connectivity index (χ4v) is 1.75. The third kappa shape index (κ3) is 4.80. The van der Waals surface area contributed by atoms with Gasteiger partial charge in [-0.3, -0.25) is 9.59 Å². The molecule has 10 heteroatoms. The Kier molecular flexibility index (Phi) is 5.28. The van der Waals surface area contributed by atoms with Gasteiger partial charge in [-0.05, 0) is 0 Å². The molecule has 1 unspecified atom stereocenters. The van der Waals surface area contributed by atoms with E-state index in [0.29, 0.717) is 17.6 Å². The van der Waals surface area contributed by atoms with Gasteiger partial charge in [-0.15, -0.1) is 0 Å². The topological polar surface area (TPSA) is 131 Å². The number of hydrogen-bond acceptors (Lipinski definition) is 9. The van der Waals surface area contributed by atoms with Crippen LogP contribution in [0.2, 0.25) is 0 Å². The summed E-state index contributed by atoms with van der Waals surface area (Å²) in [6, 6.07) is 0. The molecule has 2 aromatic heterocycles. The van der Waals surface area contributed by atoms with E-state index in [9.17, 15) is 9.59 Å². The second-order valence-electron chi connectivity index (χ2n) is 4.67. The number of nitrogen functional groups attached to an aromatic ring is 1. The van der Waals surface area contributed by atoms with Crippen molar-refractivity contribution in [2.45, 2.75) is 26.4 Å². The second-order valence-corrected chi connectivity index (χ2v) is 4.67. The minimum Gasteiger partial charge on any atom is -0.466 e. The molecule has 0 aliphatic carbocycles. The second kappa shape index (κ2) is 7.38. The molecule has 0 saturated heterocycles. The van der Waals surface area contributed by atoms with Gasteiger partial charge in [-0.25, -0.2) is 9.97 Å². The first kappa shape index (κ1) is 16.5. The number of nitrogens with zero attached hydrogens (tertiary/aromatic N) is 4. The predicted molar refractivity (Wildman–Crippen MR) is 78.0 cm³/mol. The molecule has 2 aromatic rings. The molecule has 0 aliphatic heterocycles. The van der Waals surface area contributed by atoms with Gasteiger partial charge in [0, 0.05) is 20.3 Å². The summed E-state index contributed by atoms with van der Waals surface area (Å²) in [7, 11) is 0. The van der Waals surface area contributed by atoms with Crippen LogP contribution in [-0.2, 0) is 19.1 Å². The molecule has 0 fully saturated rings. The minimum atomic E-state index is -0.549. The zero-order chi connectivity index (χ0) is 16.8. The van der Waals surface area contributed by atoms with Gasteiger partial charge in [0.15, 0.2) is 6.10 Å². The number of esters is 2. The molecule has 0 saturated carbocycles. The smallest absolute Gasteiger partial charge is 0.302 e. The van der Waals surface area contributed by atoms with Gasteiger partial charge < -0.3 is 20.0 Å². The lowest BCUT2D eigenvalue weighted by Gasteiger charge is -2.18. The summed E-state index contributed by atoms with van der Waals surface area (Å²) >= 11 is 0. The standard InChI is InChI=1S/C13H17N5O5/c1-8(19)21-4-3-10(6-22-9(2)20)23-18-7-16-11-5-15-13(14)17-12(11)18/h5,7,10H,3-4,6H2,1-2H3,(H2,14,15,17). The number of nitrogens with two attached hydrogens (primary N) is 1. The largest absolute Gasteiger partial charge is 0.466 e. The lowest BCUT2D eigenvalue weighted by molar-refractivity contribution is -0.148. The van der Waals surface area contributed by atoms with Crippen LogP contribution in [0.25, 0.3) is 11.2 Å². The Bertz CT molecular complexity index is 701. The normalized spacial score (nSPS) is 11.9. The predicted octanol–water partition coefficient (Wildman–Crippen LogP) is -0.278. The third-order valence-electron chi connectivity index (χ3n) is 2.76. The molecule has 10 nitrogen and oxygen atoms in total. The van der Waals surface area contributed by atoms with Crippen molar-refractivity contribution < 1.29 is 23.9 Å². The van der Waals surface area contributed by atoms with E-state index in [1.54, 1.807) is 0 Å². The highest BCUT2D eigenvalue weighted by atomic mass is 16.7. The highest BCUT2D eigenvalue weighted by Crippen LogP contribution is 2.10. The van der Waals surface area contributed by atoms with E-state index in [0.717, 1.165) is 0 Å². The Hall–Kier alpha value is -2.91. The van der Waals surface area contributed by atoms with Gasteiger partial charge in [0.25, 0.3) is 0 Å². The molecule has 2 rings (SSSR count). The number of fused-ring (bicyclic) bond motifs is 1. The van der Waals surface area contributed by atoms with Gasteiger partial charge >= 0.3 is 11.9 Å². The number of rotatable bonds is 7. The number of anilines is 1. The van der Waals surface area contributed by atoms with Crippen molar-refractivity contribution in [2.75, 3.05) is 18.9 Å². The van der Waals surface area contributed by atoms with E-state index in [1.807, 2.05) is 0 Å². The Morgan fingerprint density at radius 3 is 2.70 bits per heavy atom. The zero-order valence-electron chi connectivity index (χ0n) is 12.8. The lowest BCUT2D eigenvalue weighted by Crippen LogP contribution is -2.32. The lowest BCUT2D eigenvalue weighted by atomic mass is 10.3. The molecule has 0 bridgehead atoms. The van der Waals surface area contributed by atoms with E-state index >= 15 is 0 Å². The molecule has 124 valence electrons. The highest BCUT2D eigenvalue weighted by molar-refractivity contribution is 5.70. The number of aromatic nitrogens is 4. The zero-order valence-corrected chi connectivity index (χ0v) is 12.8. The van der Waals surface area contributed by atoms with Crippen LogP contribution in [-0.4, -0.2) is 50.9 Å². The van der Waals surface area contributed by atoms with Gasteiger partial charge in [-0.2, -0.15) is 9.71 Å². The first-order valence-electron chi connectivity index (χ1n) is 6.85. The maximum absolute atomic E-state index is 11.0. The minimum absolute atomic E-state index is 0.00314. The number of hydrogen-bond donors (Lipinski definition) is 1.